The number of benzene rings is 1. The highest BCUT2D eigenvalue weighted by Crippen LogP contribution is 2.31. The van der Waals surface area contributed by atoms with E-state index in [1.54, 1.807) is 0 Å². The molecular formula is C12H15NO2. The van der Waals surface area contributed by atoms with Crippen LogP contribution in [0, 0.1) is 0 Å². The van der Waals surface area contributed by atoms with E-state index in [4.69, 9.17) is 4.74 Å². The Kier molecular flexibility index (Phi) is 2.73. The van der Waals surface area contributed by atoms with Crippen LogP contribution in [0.1, 0.15) is 18.5 Å². The highest BCUT2D eigenvalue weighted by atomic mass is 16.5. The fourth-order valence-electron chi connectivity index (χ4n) is 1.85. The maximum Gasteiger partial charge on any atom is 0.324 e. The lowest BCUT2D eigenvalue weighted by molar-refractivity contribution is -0.141. The van der Waals surface area contributed by atoms with Crippen molar-refractivity contribution in [3.8, 4) is 0 Å². The molecule has 0 amide bonds. The van der Waals surface area contributed by atoms with Gasteiger partial charge in [0.15, 0.2) is 0 Å². The van der Waals surface area contributed by atoms with Crippen molar-refractivity contribution in [3.63, 3.8) is 0 Å². The van der Waals surface area contributed by atoms with Crippen molar-refractivity contribution < 1.29 is 9.53 Å². The number of esters is 1. The van der Waals surface area contributed by atoms with E-state index in [1.165, 1.54) is 12.7 Å². The summed E-state index contributed by atoms with van der Waals surface area (Å²) in [6.07, 6.45) is 0. The monoisotopic (exact) mass is 205 g/mol. The molecule has 0 radical (unpaired) electrons. The van der Waals surface area contributed by atoms with Crippen LogP contribution in [-0.4, -0.2) is 30.6 Å². The zero-order valence-corrected chi connectivity index (χ0v) is 9.01. The minimum atomic E-state index is -0.127. The van der Waals surface area contributed by atoms with Crippen LogP contribution >= 0.6 is 0 Å². The number of carbonyl (C=O) groups is 1. The molecule has 3 heteroatoms. The minimum absolute atomic E-state index is 0.0368. The second-order valence-electron chi connectivity index (χ2n) is 3.82. The number of rotatable bonds is 3. The first kappa shape index (κ1) is 10.2. The Labute approximate surface area is 89.7 Å². The summed E-state index contributed by atoms with van der Waals surface area (Å²) in [5.41, 5.74) is 1.24. The van der Waals surface area contributed by atoms with Gasteiger partial charge in [-0.3, -0.25) is 9.69 Å². The Morgan fingerprint density at radius 1 is 1.47 bits per heavy atom. The number of carbonyl (C=O) groups excluding carboxylic acids is 1. The summed E-state index contributed by atoms with van der Waals surface area (Å²) in [6, 6.07) is 10.4. The van der Waals surface area contributed by atoms with Crippen molar-refractivity contribution in [3.05, 3.63) is 35.9 Å². The molecule has 2 unspecified atom stereocenters. The molecule has 3 nitrogen and oxygen atoms in total. The maximum absolute atomic E-state index is 11.3. The van der Waals surface area contributed by atoms with Crippen molar-refractivity contribution in [2.45, 2.75) is 19.0 Å². The number of ether oxygens (including phenoxy) is 1. The number of hydrogen-bond donors (Lipinski definition) is 0. The molecule has 0 aromatic heterocycles. The van der Waals surface area contributed by atoms with Crippen LogP contribution in [0.5, 0.6) is 0 Å². The van der Waals surface area contributed by atoms with Gasteiger partial charge >= 0.3 is 5.97 Å². The van der Waals surface area contributed by atoms with Crippen LogP contribution in [0.15, 0.2) is 30.3 Å². The van der Waals surface area contributed by atoms with Crippen molar-refractivity contribution in [2.24, 2.45) is 0 Å². The molecule has 0 aliphatic carbocycles. The normalized spacial score (nSPS) is 25.7. The molecule has 1 aliphatic heterocycles. The third-order valence-corrected chi connectivity index (χ3v) is 2.90. The molecule has 0 bridgehead atoms. The van der Waals surface area contributed by atoms with E-state index in [9.17, 15) is 4.79 Å². The Morgan fingerprint density at radius 3 is 2.73 bits per heavy atom. The summed E-state index contributed by atoms with van der Waals surface area (Å²) in [5, 5.41) is 0. The SMILES string of the molecule is COC(=O)C1CN1[C@@H](C)c1ccccc1. The van der Waals surface area contributed by atoms with Crippen LogP contribution in [0.4, 0.5) is 0 Å². The van der Waals surface area contributed by atoms with Crippen LogP contribution in [0.3, 0.4) is 0 Å². The van der Waals surface area contributed by atoms with Gasteiger partial charge in [-0.15, -0.1) is 0 Å². The highest BCUT2D eigenvalue weighted by molar-refractivity contribution is 5.79. The summed E-state index contributed by atoms with van der Waals surface area (Å²) in [4.78, 5) is 13.4. The summed E-state index contributed by atoms with van der Waals surface area (Å²) in [7, 11) is 1.44. The minimum Gasteiger partial charge on any atom is -0.468 e. The van der Waals surface area contributed by atoms with Gasteiger partial charge in [-0.25, -0.2) is 0 Å². The molecule has 80 valence electrons. The van der Waals surface area contributed by atoms with Gasteiger partial charge in [-0.05, 0) is 12.5 Å². The molecular weight excluding hydrogens is 190 g/mol. The lowest BCUT2D eigenvalue weighted by atomic mass is 10.1. The lowest BCUT2D eigenvalue weighted by Crippen LogP contribution is -2.16. The van der Waals surface area contributed by atoms with Gasteiger partial charge in [0.1, 0.15) is 6.04 Å². The van der Waals surface area contributed by atoms with Gasteiger partial charge in [0.05, 0.1) is 7.11 Å². The molecule has 0 spiro atoms. The topological polar surface area (TPSA) is 29.3 Å². The van der Waals surface area contributed by atoms with Crippen LogP contribution < -0.4 is 0 Å². The van der Waals surface area contributed by atoms with Crippen LogP contribution in [-0.2, 0) is 9.53 Å². The molecule has 15 heavy (non-hydrogen) atoms. The first-order valence-corrected chi connectivity index (χ1v) is 5.12. The van der Waals surface area contributed by atoms with Crippen molar-refractivity contribution >= 4 is 5.97 Å². The quantitative estimate of drug-likeness (QED) is 0.554. The fourth-order valence-corrected chi connectivity index (χ4v) is 1.85. The molecule has 2 rings (SSSR count). The van der Waals surface area contributed by atoms with Crippen LogP contribution in [0.2, 0.25) is 0 Å². The van der Waals surface area contributed by atoms with E-state index in [-0.39, 0.29) is 18.1 Å². The Balaban J connectivity index is 2.00. The molecule has 1 fully saturated rings. The van der Waals surface area contributed by atoms with Gasteiger partial charge in [-0.1, -0.05) is 30.3 Å². The number of hydrogen-bond acceptors (Lipinski definition) is 3. The van der Waals surface area contributed by atoms with Gasteiger partial charge in [0, 0.05) is 12.6 Å². The van der Waals surface area contributed by atoms with Gasteiger partial charge < -0.3 is 4.74 Å². The first-order chi connectivity index (χ1) is 7.24. The van der Waals surface area contributed by atoms with E-state index in [0.717, 1.165) is 6.54 Å². The average molecular weight is 205 g/mol. The van der Waals surface area contributed by atoms with E-state index in [0.29, 0.717) is 0 Å². The molecule has 1 heterocycles. The molecule has 1 aromatic carbocycles. The van der Waals surface area contributed by atoms with Crippen molar-refractivity contribution in [1.82, 2.24) is 4.90 Å². The molecule has 1 aromatic rings. The van der Waals surface area contributed by atoms with Gasteiger partial charge in [0.2, 0.25) is 0 Å². The zero-order chi connectivity index (χ0) is 10.8. The molecule has 1 aliphatic rings. The standard InChI is InChI=1S/C12H15NO2/c1-9(10-6-4-3-5-7-10)13-8-11(13)12(14)15-2/h3-7,9,11H,8H2,1-2H3/t9-,11?,13?/m0/s1. The summed E-state index contributed by atoms with van der Waals surface area (Å²) < 4.78 is 4.71. The predicted molar refractivity (Wildman–Crippen MR) is 57.4 cm³/mol. The van der Waals surface area contributed by atoms with E-state index < -0.39 is 0 Å². The number of nitrogens with zero attached hydrogens (tertiary/aromatic N) is 1. The fraction of sp³-hybridized carbons (Fsp3) is 0.417. The Morgan fingerprint density at radius 2 is 2.13 bits per heavy atom. The van der Waals surface area contributed by atoms with Gasteiger partial charge in [-0.2, -0.15) is 0 Å². The largest absolute Gasteiger partial charge is 0.468 e. The smallest absolute Gasteiger partial charge is 0.324 e. The van der Waals surface area contributed by atoms with E-state index in [2.05, 4.69) is 24.0 Å². The second-order valence-corrected chi connectivity index (χ2v) is 3.82. The van der Waals surface area contributed by atoms with E-state index >= 15 is 0 Å². The third-order valence-electron chi connectivity index (χ3n) is 2.90. The second kappa shape index (κ2) is 4.03. The average Bonchev–Trinajstić information content (AvgIpc) is 3.08. The third kappa shape index (κ3) is 2.02. The Bertz CT molecular complexity index is 350. The molecule has 1 saturated heterocycles. The van der Waals surface area contributed by atoms with Gasteiger partial charge in [0.25, 0.3) is 0 Å². The highest BCUT2D eigenvalue weighted by Gasteiger charge is 2.44. The van der Waals surface area contributed by atoms with Crippen molar-refractivity contribution in [2.75, 3.05) is 13.7 Å². The van der Waals surface area contributed by atoms with Crippen LogP contribution in [0.25, 0.3) is 0 Å². The Hall–Kier alpha value is -1.35. The zero-order valence-electron chi connectivity index (χ0n) is 9.01. The number of methoxy groups -OCH3 is 1. The molecule has 0 N–H and O–H groups in total. The lowest BCUT2D eigenvalue weighted by Gasteiger charge is -2.13. The summed E-state index contributed by atoms with van der Waals surface area (Å²) >= 11 is 0. The summed E-state index contributed by atoms with van der Waals surface area (Å²) in [5.74, 6) is -0.127. The molecule has 0 saturated carbocycles. The molecule has 3 atom stereocenters. The predicted octanol–water partition coefficient (Wildman–Crippen LogP) is 1.60. The first-order valence-electron chi connectivity index (χ1n) is 5.12. The van der Waals surface area contributed by atoms with Crippen molar-refractivity contribution in [1.29, 1.82) is 0 Å². The summed E-state index contributed by atoms with van der Waals surface area (Å²) in [6.45, 7) is 2.92. The van der Waals surface area contributed by atoms with E-state index in [1.807, 2.05) is 18.2 Å². The maximum atomic E-state index is 11.3.